The molecular weight excluding hydrogens is 248 g/mol. The first-order valence-corrected chi connectivity index (χ1v) is 7.10. The van der Waals surface area contributed by atoms with Gasteiger partial charge in [-0.25, -0.2) is 0 Å². The molecule has 2 aromatic rings. The molecule has 1 unspecified atom stereocenters. The Morgan fingerprint density at radius 1 is 1.25 bits per heavy atom. The van der Waals surface area contributed by atoms with Crippen LogP contribution in [0.3, 0.4) is 0 Å². The van der Waals surface area contributed by atoms with Gasteiger partial charge in [0, 0.05) is 23.5 Å². The van der Waals surface area contributed by atoms with Crippen LogP contribution in [-0.2, 0) is 6.42 Å². The van der Waals surface area contributed by atoms with Gasteiger partial charge in [-0.1, -0.05) is 18.2 Å². The number of hydrogen-bond acceptors (Lipinski definition) is 3. The van der Waals surface area contributed by atoms with Gasteiger partial charge in [-0.2, -0.15) is 0 Å². The second-order valence-corrected chi connectivity index (χ2v) is 5.21. The minimum Gasteiger partial charge on any atom is -0.492 e. The van der Waals surface area contributed by atoms with Crippen molar-refractivity contribution in [2.24, 2.45) is 0 Å². The molecule has 0 saturated carbocycles. The summed E-state index contributed by atoms with van der Waals surface area (Å²) in [6.45, 7) is 4.84. The Balaban J connectivity index is 2.03. The first-order valence-electron chi connectivity index (χ1n) is 7.10. The molecule has 2 aromatic carbocycles. The standard InChI is InChI=1S/C17H20N2O/c1-3-20-17-11-14(8-9-15(17)18)19-12(2)10-13-6-4-5-7-16(13)19/h4-9,11-12H,3,10,18H2,1-2H3. The third kappa shape index (κ3) is 2.09. The molecule has 0 aromatic heterocycles. The van der Waals surface area contributed by atoms with Crippen LogP contribution < -0.4 is 15.4 Å². The zero-order chi connectivity index (χ0) is 14.1. The topological polar surface area (TPSA) is 38.5 Å². The summed E-state index contributed by atoms with van der Waals surface area (Å²) in [5, 5.41) is 0. The van der Waals surface area contributed by atoms with Crippen molar-refractivity contribution in [3.8, 4) is 5.75 Å². The lowest BCUT2D eigenvalue weighted by molar-refractivity contribution is 0.342. The summed E-state index contributed by atoms with van der Waals surface area (Å²) >= 11 is 0. The number of nitrogens with two attached hydrogens (primary N) is 1. The van der Waals surface area contributed by atoms with Gasteiger partial charge in [-0.3, -0.25) is 0 Å². The fraction of sp³-hybridized carbons (Fsp3) is 0.294. The molecule has 0 saturated heterocycles. The minimum absolute atomic E-state index is 0.450. The minimum atomic E-state index is 0.450. The maximum atomic E-state index is 5.96. The first kappa shape index (κ1) is 12.9. The van der Waals surface area contributed by atoms with E-state index in [1.165, 1.54) is 11.3 Å². The van der Waals surface area contributed by atoms with Gasteiger partial charge in [0.15, 0.2) is 0 Å². The second-order valence-electron chi connectivity index (χ2n) is 5.21. The van der Waals surface area contributed by atoms with E-state index in [1.54, 1.807) is 0 Å². The normalized spacial score (nSPS) is 17.1. The van der Waals surface area contributed by atoms with Crippen LogP contribution >= 0.6 is 0 Å². The fourth-order valence-corrected chi connectivity index (χ4v) is 2.91. The van der Waals surface area contributed by atoms with E-state index >= 15 is 0 Å². The van der Waals surface area contributed by atoms with E-state index < -0.39 is 0 Å². The summed E-state index contributed by atoms with van der Waals surface area (Å²) in [4.78, 5) is 2.36. The molecule has 1 aliphatic rings. The van der Waals surface area contributed by atoms with Crippen LogP contribution in [-0.4, -0.2) is 12.6 Å². The third-order valence-electron chi connectivity index (χ3n) is 3.78. The lowest BCUT2D eigenvalue weighted by Gasteiger charge is -2.25. The van der Waals surface area contributed by atoms with Crippen molar-refractivity contribution < 1.29 is 4.74 Å². The molecule has 0 amide bonds. The lowest BCUT2D eigenvalue weighted by Crippen LogP contribution is -2.23. The van der Waals surface area contributed by atoms with Crippen molar-refractivity contribution in [3.63, 3.8) is 0 Å². The Kier molecular flexibility index (Phi) is 3.26. The molecule has 1 atom stereocenters. The van der Waals surface area contributed by atoms with Crippen molar-refractivity contribution in [1.29, 1.82) is 0 Å². The highest BCUT2D eigenvalue weighted by molar-refractivity contribution is 5.74. The number of hydrogen-bond donors (Lipinski definition) is 1. The quantitative estimate of drug-likeness (QED) is 0.862. The SMILES string of the molecule is CCOc1cc(N2c3ccccc3CC2C)ccc1N. The van der Waals surface area contributed by atoms with E-state index in [2.05, 4.69) is 42.2 Å². The van der Waals surface area contributed by atoms with Gasteiger partial charge < -0.3 is 15.4 Å². The van der Waals surface area contributed by atoms with Crippen molar-refractivity contribution in [3.05, 3.63) is 48.0 Å². The van der Waals surface area contributed by atoms with Gasteiger partial charge in [-0.15, -0.1) is 0 Å². The second kappa shape index (κ2) is 5.08. The molecule has 0 spiro atoms. The number of anilines is 3. The molecule has 2 N–H and O–H groups in total. The largest absolute Gasteiger partial charge is 0.492 e. The number of rotatable bonds is 3. The van der Waals surface area contributed by atoms with Crippen LogP contribution in [0.5, 0.6) is 5.75 Å². The number of fused-ring (bicyclic) bond motifs is 1. The molecule has 104 valence electrons. The predicted octanol–water partition coefficient (Wildman–Crippen LogP) is 3.75. The molecule has 20 heavy (non-hydrogen) atoms. The molecule has 0 aliphatic carbocycles. The number of ether oxygens (including phenoxy) is 1. The van der Waals surface area contributed by atoms with Crippen LogP contribution in [0.25, 0.3) is 0 Å². The number of nitrogen functional groups attached to an aromatic ring is 1. The fourth-order valence-electron chi connectivity index (χ4n) is 2.91. The summed E-state index contributed by atoms with van der Waals surface area (Å²) < 4.78 is 5.61. The molecule has 3 heteroatoms. The highest BCUT2D eigenvalue weighted by Gasteiger charge is 2.27. The van der Waals surface area contributed by atoms with Crippen LogP contribution in [0.1, 0.15) is 19.4 Å². The van der Waals surface area contributed by atoms with Gasteiger partial charge in [0.1, 0.15) is 5.75 Å². The zero-order valence-electron chi connectivity index (χ0n) is 12.0. The Morgan fingerprint density at radius 2 is 2.05 bits per heavy atom. The highest BCUT2D eigenvalue weighted by atomic mass is 16.5. The monoisotopic (exact) mass is 268 g/mol. The maximum Gasteiger partial charge on any atom is 0.144 e. The lowest BCUT2D eigenvalue weighted by atomic mass is 10.1. The Bertz CT molecular complexity index is 624. The molecule has 3 nitrogen and oxygen atoms in total. The zero-order valence-corrected chi connectivity index (χ0v) is 12.0. The van der Waals surface area contributed by atoms with E-state index in [0.717, 1.165) is 17.9 Å². The van der Waals surface area contributed by atoms with Crippen LogP contribution in [0.4, 0.5) is 17.1 Å². The van der Waals surface area contributed by atoms with E-state index in [-0.39, 0.29) is 0 Å². The van der Waals surface area contributed by atoms with Gasteiger partial charge >= 0.3 is 0 Å². The summed E-state index contributed by atoms with van der Waals surface area (Å²) in [7, 11) is 0. The molecule has 0 bridgehead atoms. The summed E-state index contributed by atoms with van der Waals surface area (Å²) in [6, 6.07) is 15.0. The van der Waals surface area contributed by atoms with E-state index in [1.807, 2.05) is 19.1 Å². The Labute approximate surface area is 120 Å². The summed E-state index contributed by atoms with van der Waals surface area (Å²) in [5.74, 6) is 0.765. The molecule has 1 heterocycles. The van der Waals surface area contributed by atoms with E-state index in [0.29, 0.717) is 18.3 Å². The molecule has 0 radical (unpaired) electrons. The summed E-state index contributed by atoms with van der Waals surface area (Å²) in [6.07, 6.45) is 1.07. The van der Waals surface area contributed by atoms with Gasteiger partial charge in [0.05, 0.1) is 12.3 Å². The third-order valence-corrected chi connectivity index (χ3v) is 3.78. The van der Waals surface area contributed by atoms with Crippen molar-refractivity contribution in [2.45, 2.75) is 26.3 Å². The average molecular weight is 268 g/mol. The highest BCUT2D eigenvalue weighted by Crippen LogP contribution is 2.40. The first-order chi connectivity index (χ1) is 9.70. The maximum absolute atomic E-state index is 5.96. The average Bonchev–Trinajstić information content (AvgIpc) is 2.77. The Morgan fingerprint density at radius 3 is 2.85 bits per heavy atom. The molecule has 3 rings (SSSR count). The van der Waals surface area contributed by atoms with Gasteiger partial charge in [0.2, 0.25) is 0 Å². The van der Waals surface area contributed by atoms with Gasteiger partial charge in [-0.05, 0) is 44.0 Å². The molecular formula is C17H20N2O. The van der Waals surface area contributed by atoms with Crippen molar-refractivity contribution in [1.82, 2.24) is 0 Å². The molecule has 0 fully saturated rings. The van der Waals surface area contributed by atoms with Crippen LogP contribution in [0, 0.1) is 0 Å². The van der Waals surface area contributed by atoms with Gasteiger partial charge in [0.25, 0.3) is 0 Å². The number of benzene rings is 2. The van der Waals surface area contributed by atoms with Crippen LogP contribution in [0.15, 0.2) is 42.5 Å². The van der Waals surface area contributed by atoms with E-state index in [4.69, 9.17) is 10.5 Å². The number of nitrogens with zero attached hydrogens (tertiary/aromatic N) is 1. The smallest absolute Gasteiger partial charge is 0.144 e. The predicted molar refractivity (Wildman–Crippen MR) is 83.8 cm³/mol. The number of para-hydroxylation sites is 1. The summed E-state index contributed by atoms with van der Waals surface area (Å²) in [5.41, 5.74) is 10.5. The molecule has 1 aliphatic heterocycles. The van der Waals surface area contributed by atoms with Crippen molar-refractivity contribution >= 4 is 17.1 Å². The van der Waals surface area contributed by atoms with Crippen LogP contribution in [0.2, 0.25) is 0 Å². The van der Waals surface area contributed by atoms with Crippen molar-refractivity contribution in [2.75, 3.05) is 17.2 Å². The van der Waals surface area contributed by atoms with E-state index in [9.17, 15) is 0 Å². The Hall–Kier alpha value is -2.16.